The Morgan fingerprint density at radius 1 is 0.950 bits per heavy atom. The fourth-order valence-electron chi connectivity index (χ4n) is 8.59. The number of alkyl halides is 3. The lowest BCUT2D eigenvalue weighted by atomic mass is 10.1. The highest BCUT2D eigenvalue weighted by molar-refractivity contribution is 5.94. The number of pyridine rings is 1. The molecule has 3 aliphatic rings. The SMILES string of the molecule is CO[C@H]1CN(C)C(=O)[C@@H]2C[C@@H](CN2c2nc(C3CCN(C(=O)C(F)(F)F)C3)nc3c2cnn3-c2ccc(F)cc2F)Nc2cccc(n2)-c2cc(F)cc3nc(C)n(c23)C1. The van der Waals surface area contributed by atoms with Crippen molar-refractivity contribution >= 4 is 45.5 Å². The first-order valence-corrected chi connectivity index (χ1v) is 19.2. The van der Waals surface area contributed by atoms with Crippen LogP contribution in [-0.2, 0) is 20.9 Å². The number of fused-ring (bicyclic) bond motifs is 6. The number of likely N-dealkylation sites (N-methyl/N-ethyl adjacent to an activating group) is 1. The van der Waals surface area contributed by atoms with E-state index in [1.54, 1.807) is 42.0 Å². The van der Waals surface area contributed by atoms with E-state index in [1.807, 2.05) is 4.57 Å². The third-order valence-corrected chi connectivity index (χ3v) is 11.5. The van der Waals surface area contributed by atoms with E-state index >= 15 is 8.78 Å². The van der Waals surface area contributed by atoms with Crippen LogP contribution in [-0.4, -0.2) is 121 Å². The van der Waals surface area contributed by atoms with Gasteiger partial charge < -0.3 is 29.3 Å². The number of ether oxygens (including phenoxy) is 1. The molecule has 14 nitrogen and oxygen atoms in total. The molecule has 20 heteroatoms. The molecule has 4 bridgehead atoms. The molecule has 0 aliphatic carbocycles. The van der Waals surface area contributed by atoms with E-state index in [0.29, 0.717) is 44.9 Å². The minimum absolute atomic E-state index is 0.0547. The van der Waals surface area contributed by atoms with Gasteiger partial charge in [0.1, 0.15) is 46.6 Å². The minimum Gasteiger partial charge on any atom is -0.378 e. The molecule has 312 valence electrons. The first kappa shape index (κ1) is 39.2. The number of carbonyl (C=O) groups excluding carboxylic acids is 2. The molecule has 7 heterocycles. The maximum Gasteiger partial charge on any atom is 0.471 e. The van der Waals surface area contributed by atoms with Gasteiger partial charge in [0, 0.05) is 70.0 Å². The summed E-state index contributed by atoms with van der Waals surface area (Å²) < 4.78 is 93.8. The number of halogens is 6. The molecule has 60 heavy (non-hydrogen) atoms. The highest BCUT2D eigenvalue weighted by Gasteiger charge is 2.46. The number of carbonyl (C=O) groups is 2. The van der Waals surface area contributed by atoms with E-state index < -0.39 is 53.6 Å². The van der Waals surface area contributed by atoms with Crippen LogP contribution in [0.5, 0.6) is 0 Å². The Hall–Kier alpha value is -6.31. The molecule has 0 spiro atoms. The summed E-state index contributed by atoms with van der Waals surface area (Å²) in [5.74, 6) is -4.01. The molecule has 1 unspecified atom stereocenters. The van der Waals surface area contributed by atoms with Gasteiger partial charge in [-0.05, 0) is 50.1 Å². The number of anilines is 2. The number of nitrogens with zero attached hydrogens (tertiary/aromatic N) is 10. The van der Waals surface area contributed by atoms with Gasteiger partial charge in [-0.15, -0.1) is 0 Å². The molecule has 4 atom stereocenters. The number of benzene rings is 2. The van der Waals surface area contributed by atoms with Crippen LogP contribution in [0, 0.1) is 24.4 Å². The number of likely N-dealkylation sites (tertiary alicyclic amines) is 1. The lowest BCUT2D eigenvalue weighted by Gasteiger charge is -2.31. The van der Waals surface area contributed by atoms with Crippen molar-refractivity contribution in [3.05, 3.63) is 83.8 Å². The molecule has 2 aromatic carbocycles. The number of aryl methyl sites for hydroxylation is 1. The molecule has 4 aromatic heterocycles. The lowest BCUT2D eigenvalue weighted by molar-refractivity contribution is -0.184. The largest absolute Gasteiger partial charge is 0.471 e. The van der Waals surface area contributed by atoms with Crippen LogP contribution in [0.25, 0.3) is 39.0 Å². The van der Waals surface area contributed by atoms with Crippen LogP contribution in [0.1, 0.15) is 30.4 Å². The highest BCUT2D eigenvalue weighted by atomic mass is 19.4. The van der Waals surface area contributed by atoms with Gasteiger partial charge in [0.2, 0.25) is 5.91 Å². The zero-order valence-corrected chi connectivity index (χ0v) is 32.4. The summed E-state index contributed by atoms with van der Waals surface area (Å²) in [6, 6.07) is 9.68. The van der Waals surface area contributed by atoms with Crippen LogP contribution in [0.2, 0.25) is 0 Å². The second-order valence-corrected chi connectivity index (χ2v) is 15.3. The number of nitrogens with one attached hydrogen (secondary N) is 1. The number of methoxy groups -OCH3 is 1. The van der Waals surface area contributed by atoms with Crippen molar-refractivity contribution in [1.29, 1.82) is 0 Å². The Morgan fingerprint density at radius 3 is 2.53 bits per heavy atom. The molecule has 6 aromatic rings. The van der Waals surface area contributed by atoms with E-state index in [9.17, 15) is 27.2 Å². The minimum atomic E-state index is -5.08. The van der Waals surface area contributed by atoms with Gasteiger partial charge in [0.05, 0.1) is 41.0 Å². The monoisotopic (exact) mass is 833 g/mol. The van der Waals surface area contributed by atoms with Crippen molar-refractivity contribution in [2.75, 3.05) is 50.6 Å². The van der Waals surface area contributed by atoms with Crippen LogP contribution >= 0.6 is 0 Å². The molecule has 0 saturated carbocycles. The summed E-state index contributed by atoms with van der Waals surface area (Å²) >= 11 is 0. The number of hydrogen-bond acceptors (Lipinski definition) is 10. The van der Waals surface area contributed by atoms with Gasteiger partial charge in [0.25, 0.3) is 0 Å². The molecule has 9 rings (SSSR count). The van der Waals surface area contributed by atoms with E-state index in [0.717, 1.165) is 10.7 Å². The zero-order valence-electron chi connectivity index (χ0n) is 32.4. The van der Waals surface area contributed by atoms with E-state index in [1.165, 1.54) is 31.5 Å². The topological polar surface area (TPSA) is 139 Å². The lowest BCUT2D eigenvalue weighted by Crippen LogP contribution is -2.47. The summed E-state index contributed by atoms with van der Waals surface area (Å²) in [5.41, 5.74) is 2.00. The van der Waals surface area contributed by atoms with Gasteiger partial charge in [-0.25, -0.2) is 37.8 Å². The predicted molar refractivity (Wildman–Crippen MR) is 206 cm³/mol. The first-order chi connectivity index (χ1) is 28.7. The van der Waals surface area contributed by atoms with Crippen molar-refractivity contribution in [3.63, 3.8) is 0 Å². The van der Waals surface area contributed by atoms with Crippen molar-refractivity contribution in [2.45, 2.75) is 56.6 Å². The van der Waals surface area contributed by atoms with Crippen molar-refractivity contribution in [3.8, 4) is 16.9 Å². The van der Waals surface area contributed by atoms with Gasteiger partial charge in [-0.3, -0.25) is 9.59 Å². The maximum atomic E-state index is 15.3. The average Bonchev–Trinajstić information content (AvgIpc) is 4.01. The third-order valence-electron chi connectivity index (χ3n) is 11.5. The summed E-state index contributed by atoms with van der Waals surface area (Å²) in [4.78, 5) is 50.0. The van der Waals surface area contributed by atoms with Crippen molar-refractivity contribution in [1.82, 2.24) is 44.1 Å². The van der Waals surface area contributed by atoms with Crippen molar-refractivity contribution < 1.29 is 40.7 Å². The Labute approximate surface area is 337 Å². The van der Waals surface area contributed by atoms with E-state index in [4.69, 9.17) is 14.7 Å². The fourth-order valence-corrected chi connectivity index (χ4v) is 8.59. The average molecular weight is 834 g/mol. The van der Waals surface area contributed by atoms with Crippen LogP contribution < -0.4 is 10.2 Å². The second-order valence-electron chi connectivity index (χ2n) is 15.3. The standard InChI is InChI=1S/C40H37F6N11O3/c1-20-48-30-13-23(42)11-26-29-5-4-6-33(50-29)49-24-14-32(38(58)53(2)18-25(60-3)19-55(20)34(26)30)56(17-24)36-27-15-47-57(31-8-7-22(41)12-28(31)43)37(27)52-35(51-36)21-9-10-54(16-21)39(59)40(44,45)46/h4-8,11-13,15,21,24-25,32H,9-10,14,16-19H2,1-3H3,(H,49,50)/t21?,24-,25-,32-/m0/s1. The molecular weight excluding hydrogens is 797 g/mol. The molecule has 2 amide bonds. The molecule has 3 aliphatic heterocycles. The first-order valence-electron chi connectivity index (χ1n) is 19.2. The normalized spacial score (nSPS) is 21.1. The van der Waals surface area contributed by atoms with Gasteiger partial charge >= 0.3 is 12.1 Å². The number of hydrogen-bond donors (Lipinski definition) is 1. The summed E-state index contributed by atoms with van der Waals surface area (Å²) in [7, 11) is 3.18. The van der Waals surface area contributed by atoms with Crippen LogP contribution in [0.15, 0.2) is 54.7 Å². The van der Waals surface area contributed by atoms with Crippen molar-refractivity contribution in [2.24, 2.45) is 0 Å². The third kappa shape index (κ3) is 6.90. The molecule has 0 radical (unpaired) electrons. The maximum absolute atomic E-state index is 15.3. The van der Waals surface area contributed by atoms with Gasteiger partial charge in [0.15, 0.2) is 11.5 Å². The number of rotatable bonds is 4. The predicted octanol–water partition coefficient (Wildman–Crippen LogP) is 5.38. The fraction of sp³-hybridized carbons (Fsp3) is 0.375. The van der Waals surface area contributed by atoms with Gasteiger partial charge in [-0.1, -0.05) is 6.07 Å². The number of aromatic nitrogens is 7. The smallest absolute Gasteiger partial charge is 0.378 e. The van der Waals surface area contributed by atoms with E-state index in [-0.39, 0.29) is 79.8 Å². The quantitative estimate of drug-likeness (QED) is 0.231. The van der Waals surface area contributed by atoms with Crippen LogP contribution in [0.4, 0.5) is 38.0 Å². The molecular formula is C40H37F6N11O3. The zero-order chi connectivity index (χ0) is 42.2. The molecule has 2 fully saturated rings. The highest BCUT2D eigenvalue weighted by Crippen LogP contribution is 2.38. The summed E-state index contributed by atoms with van der Waals surface area (Å²) in [5, 5.41) is 8.12. The Morgan fingerprint density at radius 2 is 1.77 bits per heavy atom. The Bertz CT molecular complexity index is 2690. The van der Waals surface area contributed by atoms with Gasteiger partial charge in [-0.2, -0.15) is 18.3 Å². The van der Waals surface area contributed by atoms with Crippen LogP contribution in [0.3, 0.4) is 0 Å². The number of amides is 2. The molecule has 2 saturated heterocycles. The van der Waals surface area contributed by atoms with E-state index in [2.05, 4.69) is 20.4 Å². The Kier molecular flexibility index (Phi) is 9.63. The number of imidazole rings is 1. The molecule has 1 N–H and O–H groups in total. The summed E-state index contributed by atoms with van der Waals surface area (Å²) in [6.45, 7) is 1.81. The Balaban J connectivity index is 1.16. The summed E-state index contributed by atoms with van der Waals surface area (Å²) in [6.07, 6.45) is -3.91. The second kappa shape index (κ2) is 14.8.